The molecular weight excluding hydrogens is 266 g/mol. The van der Waals surface area contributed by atoms with Crippen LogP contribution in [0.25, 0.3) is 0 Å². The van der Waals surface area contributed by atoms with E-state index in [1.807, 2.05) is 28.9 Å². The van der Waals surface area contributed by atoms with Crippen molar-refractivity contribution in [2.24, 2.45) is 5.92 Å². The number of aliphatic hydroxyl groups excluding tert-OH is 1. The van der Waals surface area contributed by atoms with Crippen LogP contribution in [-0.2, 0) is 19.6 Å². The zero-order valence-corrected chi connectivity index (χ0v) is 12.9. The van der Waals surface area contributed by atoms with Crippen molar-refractivity contribution in [1.82, 2.24) is 14.8 Å². The highest BCUT2D eigenvalue weighted by Gasteiger charge is 2.07. The molecule has 21 heavy (non-hydrogen) atoms. The summed E-state index contributed by atoms with van der Waals surface area (Å²) in [6, 6.07) is 7.78. The van der Waals surface area contributed by atoms with E-state index in [4.69, 9.17) is 4.74 Å². The lowest BCUT2D eigenvalue weighted by Crippen LogP contribution is -2.12. The van der Waals surface area contributed by atoms with Gasteiger partial charge in [0.1, 0.15) is 18.7 Å². The summed E-state index contributed by atoms with van der Waals surface area (Å²) in [5.41, 5.74) is 1.10. The van der Waals surface area contributed by atoms with Gasteiger partial charge in [-0.25, -0.2) is 9.67 Å². The molecule has 2 rings (SSSR count). The highest BCUT2D eigenvalue weighted by Crippen LogP contribution is 2.15. The third-order valence-electron chi connectivity index (χ3n) is 3.06. The third-order valence-corrected chi connectivity index (χ3v) is 3.06. The van der Waals surface area contributed by atoms with Crippen molar-refractivity contribution < 1.29 is 9.84 Å². The van der Waals surface area contributed by atoms with Crippen molar-refractivity contribution in [1.29, 1.82) is 0 Å². The molecule has 0 spiro atoms. The van der Waals surface area contributed by atoms with Gasteiger partial charge in [-0.1, -0.05) is 26.0 Å². The molecule has 1 aromatic carbocycles. The van der Waals surface area contributed by atoms with Gasteiger partial charge in [0, 0.05) is 6.54 Å². The molecular formula is C16H23N3O2. The van der Waals surface area contributed by atoms with Crippen LogP contribution in [-0.4, -0.2) is 26.0 Å². The zero-order chi connectivity index (χ0) is 15.2. The van der Waals surface area contributed by atoms with Crippen LogP contribution in [0, 0.1) is 5.92 Å². The quantitative estimate of drug-likeness (QED) is 0.850. The third kappa shape index (κ3) is 4.86. The standard InChI is InChI=1S/C16H23N3O2/c1-12(2)9-19-16(17-11-18-19)10-21-15-6-4-14(5-7-15)8-13(3)20/h4-7,11-13,20H,8-10H2,1-3H3. The molecule has 1 heterocycles. The van der Waals surface area contributed by atoms with Crippen molar-refractivity contribution >= 4 is 0 Å². The second-order valence-electron chi connectivity index (χ2n) is 5.74. The number of hydrogen-bond acceptors (Lipinski definition) is 4. The molecule has 0 saturated heterocycles. The molecule has 5 nitrogen and oxygen atoms in total. The summed E-state index contributed by atoms with van der Waals surface area (Å²) in [6.07, 6.45) is 1.89. The predicted octanol–water partition coefficient (Wildman–Crippen LogP) is 2.44. The molecule has 0 fully saturated rings. The van der Waals surface area contributed by atoms with Crippen molar-refractivity contribution in [3.63, 3.8) is 0 Å². The topological polar surface area (TPSA) is 60.2 Å². The maximum Gasteiger partial charge on any atom is 0.164 e. The normalized spacial score (nSPS) is 12.6. The molecule has 5 heteroatoms. The first-order chi connectivity index (χ1) is 10.0. The molecule has 1 unspecified atom stereocenters. The van der Waals surface area contributed by atoms with Crippen molar-refractivity contribution in [2.75, 3.05) is 0 Å². The van der Waals surface area contributed by atoms with Crippen LogP contribution in [0.3, 0.4) is 0 Å². The summed E-state index contributed by atoms with van der Waals surface area (Å²) in [5.74, 6) is 2.14. The van der Waals surface area contributed by atoms with Crippen LogP contribution >= 0.6 is 0 Å². The van der Waals surface area contributed by atoms with E-state index >= 15 is 0 Å². The highest BCUT2D eigenvalue weighted by atomic mass is 16.5. The lowest BCUT2D eigenvalue weighted by molar-refractivity contribution is 0.195. The Morgan fingerprint density at radius 2 is 1.90 bits per heavy atom. The second-order valence-corrected chi connectivity index (χ2v) is 5.74. The van der Waals surface area contributed by atoms with E-state index in [1.165, 1.54) is 0 Å². The average Bonchev–Trinajstić information content (AvgIpc) is 2.84. The summed E-state index contributed by atoms with van der Waals surface area (Å²) in [6.45, 7) is 7.32. The lowest BCUT2D eigenvalue weighted by atomic mass is 10.1. The maximum absolute atomic E-state index is 9.36. The van der Waals surface area contributed by atoms with Gasteiger partial charge in [-0.2, -0.15) is 5.10 Å². The number of nitrogens with zero attached hydrogens (tertiary/aromatic N) is 3. The number of hydrogen-bond donors (Lipinski definition) is 1. The van der Waals surface area contributed by atoms with Crippen molar-refractivity contribution in [3.8, 4) is 5.75 Å². The summed E-state index contributed by atoms with van der Waals surface area (Å²) in [5, 5.41) is 13.6. The molecule has 0 amide bonds. The van der Waals surface area contributed by atoms with Crippen molar-refractivity contribution in [3.05, 3.63) is 42.0 Å². The fourth-order valence-electron chi connectivity index (χ4n) is 2.11. The Balaban J connectivity index is 1.92. The van der Waals surface area contributed by atoms with Gasteiger partial charge in [-0.3, -0.25) is 0 Å². The van der Waals surface area contributed by atoms with Crippen LogP contribution in [0.2, 0.25) is 0 Å². The largest absolute Gasteiger partial charge is 0.486 e. The van der Waals surface area contributed by atoms with Crippen molar-refractivity contribution in [2.45, 2.75) is 46.4 Å². The Labute approximate surface area is 125 Å². The number of ether oxygens (including phenoxy) is 1. The van der Waals surface area contributed by atoms with Gasteiger partial charge >= 0.3 is 0 Å². The SMILES string of the molecule is CC(C)Cn1ncnc1COc1ccc(CC(C)O)cc1. The van der Waals surface area contributed by atoms with E-state index in [0.29, 0.717) is 18.9 Å². The summed E-state index contributed by atoms with van der Waals surface area (Å²) < 4.78 is 7.63. The summed E-state index contributed by atoms with van der Waals surface area (Å²) in [4.78, 5) is 4.24. The van der Waals surface area contributed by atoms with Gasteiger partial charge in [0.05, 0.1) is 6.10 Å². The molecule has 0 radical (unpaired) electrons. The molecule has 2 aromatic rings. The summed E-state index contributed by atoms with van der Waals surface area (Å²) in [7, 11) is 0. The molecule has 0 saturated carbocycles. The van der Waals surface area contributed by atoms with E-state index in [-0.39, 0.29) is 6.10 Å². The predicted molar refractivity (Wildman–Crippen MR) is 81.0 cm³/mol. The first-order valence-electron chi connectivity index (χ1n) is 7.31. The number of aliphatic hydroxyl groups is 1. The maximum atomic E-state index is 9.36. The first-order valence-corrected chi connectivity index (χ1v) is 7.31. The van der Waals surface area contributed by atoms with E-state index < -0.39 is 0 Å². The molecule has 0 aliphatic heterocycles. The van der Waals surface area contributed by atoms with E-state index in [9.17, 15) is 5.11 Å². The fraction of sp³-hybridized carbons (Fsp3) is 0.500. The molecule has 0 aliphatic carbocycles. The monoisotopic (exact) mass is 289 g/mol. The first kappa shape index (κ1) is 15.5. The lowest BCUT2D eigenvalue weighted by Gasteiger charge is -2.10. The van der Waals surface area contributed by atoms with Crippen LogP contribution in [0.4, 0.5) is 0 Å². The van der Waals surface area contributed by atoms with Crippen LogP contribution < -0.4 is 4.74 Å². The minimum atomic E-state index is -0.327. The Morgan fingerprint density at radius 1 is 1.19 bits per heavy atom. The average molecular weight is 289 g/mol. The van der Waals surface area contributed by atoms with E-state index in [1.54, 1.807) is 13.3 Å². The van der Waals surface area contributed by atoms with Gasteiger partial charge < -0.3 is 9.84 Å². The smallest absolute Gasteiger partial charge is 0.164 e. The second kappa shape index (κ2) is 7.22. The highest BCUT2D eigenvalue weighted by molar-refractivity contribution is 5.27. The minimum Gasteiger partial charge on any atom is -0.486 e. The van der Waals surface area contributed by atoms with Gasteiger partial charge in [-0.05, 0) is 37.0 Å². The summed E-state index contributed by atoms with van der Waals surface area (Å²) >= 11 is 0. The Kier molecular flexibility index (Phi) is 5.33. The molecule has 114 valence electrons. The molecule has 1 atom stereocenters. The van der Waals surface area contributed by atoms with Gasteiger partial charge in [0.25, 0.3) is 0 Å². The Hall–Kier alpha value is -1.88. The number of rotatable bonds is 7. The molecule has 0 bridgehead atoms. The van der Waals surface area contributed by atoms with Crippen LogP contribution in [0.5, 0.6) is 5.75 Å². The van der Waals surface area contributed by atoms with Crippen LogP contribution in [0.1, 0.15) is 32.2 Å². The number of benzene rings is 1. The Morgan fingerprint density at radius 3 is 2.52 bits per heavy atom. The van der Waals surface area contributed by atoms with E-state index in [2.05, 4.69) is 23.9 Å². The van der Waals surface area contributed by atoms with Gasteiger partial charge in [0.2, 0.25) is 0 Å². The van der Waals surface area contributed by atoms with Gasteiger partial charge in [0.15, 0.2) is 5.82 Å². The molecule has 1 N–H and O–H groups in total. The minimum absolute atomic E-state index is 0.327. The van der Waals surface area contributed by atoms with Crippen LogP contribution in [0.15, 0.2) is 30.6 Å². The number of aromatic nitrogens is 3. The van der Waals surface area contributed by atoms with E-state index in [0.717, 1.165) is 23.7 Å². The van der Waals surface area contributed by atoms with Gasteiger partial charge in [-0.15, -0.1) is 0 Å². The molecule has 1 aromatic heterocycles. The Bertz CT molecular complexity index is 547. The zero-order valence-electron chi connectivity index (χ0n) is 12.9. The fourth-order valence-corrected chi connectivity index (χ4v) is 2.11. The molecule has 0 aliphatic rings.